The molecule has 2 aliphatic heterocycles. The number of fused-ring (bicyclic) bond motifs is 1. The van der Waals surface area contributed by atoms with Gasteiger partial charge in [0.2, 0.25) is 5.91 Å². The lowest BCUT2D eigenvalue weighted by Gasteiger charge is -2.29. The number of aromatic hydroxyl groups is 1. The molecule has 7 nitrogen and oxygen atoms in total. The van der Waals surface area contributed by atoms with Crippen molar-refractivity contribution in [2.24, 2.45) is 5.92 Å². The Balaban J connectivity index is 1.60. The van der Waals surface area contributed by atoms with Crippen LogP contribution in [0.4, 0.5) is 11.4 Å². The first kappa shape index (κ1) is 22.8. The maximum atomic E-state index is 13.7. The average Bonchev–Trinajstić information content (AvgIpc) is 3.33. The highest BCUT2D eigenvalue weighted by atomic mass is 35.5. The van der Waals surface area contributed by atoms with E-state index in [1.54, 1.807) is 42.5 Å². The number of nitrogens with zero attached hydrogens (tertiary/aromatic N) is 2. The summed E-state index contributed by atoms with van der Waals surface area (Å²) in [6, 6.07) is 15.5. The van der Waals surface area contributed by atoms with Crippen molar-refractivity contribution < 1.29 is 24.3 Å². The Kier molecular flexibility index (Phi) is 5.81. The summed E-state index contributed by atoms with van der Waals surface area (Å²) < 4.78 is 5.26. The maximum absolute atomic E-state index is 13.7. The van der Waals surface area contributed by atoms with Crippen molar-refractivity contribution in [2.45, 2.75) is 12.1 Å². The van der Waals surface area contributed by atoms with Crippen LogP contribution in [0, 0.1) is 5.92 Å². The van der Waals surface area contributed by atoms with E-state index in [1.165, 1.54) is 30.4 Å². The molecule has 0 saturated carbocycles. The van der Waals surface area contributed by atoms with Crippen molar-refractivity contribution in [3.8, 4) is 11.5 Å². The van der Waals surface area contributed by atoms with Gasteiger partial charge < -0.3 is 9.84 Å². The van der Waals surface area contributed by atoms with Crippen molar-refractivity contribution in [3.63, 3.8) is 0 Å². The summed E-state index contributed by atoms with van der Waals surface area (Å²) in [6.07, 6.45) is -1.07. The lowest BCUT2D eigenvalue weighted by molar-refractivity contribution is -0.126. The Morgan fingerprint density at radius 1 is 0.882 bits per heavy atom. The molecule has 0 unspecified atom stereocenters. The molecule has 2 saturated heterocycles. The number of carbonyl (C=O) groups excluding carboxylic acids is 2. The van der Waals surface area contributed by atoms with Gasteiger partial charge in [0.25, 0.3) is 5.91 Å². The summed E-state index contributed by atoms with van der Waals surface area (Å²) in [5, 5.41) is 12.7. The SMILES string of the molecule is COc1cc([C@H]2[C@@H]3C(=O)N(c4ccc(Cl)c(Cl)c4)C(=O)[C@H]3ON2c2ccc(Cl)cc2)ccc1O. The molecule has 3 aromatic rings. The van der Waals surface area contributed by atoms with Gasteiger partial charge in [-0.1, -0.05) is 40.9 Å². The number of rotatable bonds is 4. The van der Waals surface area contributed by atoms with Gasteiger partial charge in [-0.05, 0) is 60.2 Å². The summed E-state index contributed by atoms with van der Waals surface area (Å²) >= 11 is 18.2. The van der Waals surface area contributed by atoms with Gasteiger partial charge in [0.1, 0.15) is 5.92 Å². The standard InChI is InChI=1S/C24H17Cl3N2O5/c1-33-19-10-12(2-9-18(19)30)21-20-22(34-29(21)14-5-3-13(25)4-6-14)24(32)28(23(20)31)15-7-8-16(26)17(27)11-15/h2-11,20-22,30H,1H3/t20-,21-,22-/m0/s1. The molecule has 0 bridgehead atoms. The Morgan fingerprint density at radius 3 is 2.26 bits per heavy atom. The van der Waals surface area contributed by atoms with Crippen molar-refractivity contribution in [1.82, 2.24) is 0 Å². The normalized spacial score (nSPS) is 21.8. The van der Waals surface area contributed by atoms with Crippen LogP contribution in [-0.4, -0.2) is 30.1 Å². The van der Waals surface area contributed by atoms with Crippen LogP contribution < -0.4 is 14.7 Å². The fraction of sp³-hybridized carbons (Fsp3) is 0.167. The minimum atomic E-state index is -1.07. The van der Waals surface area contributed by atoms with E-state index in [0.29, 0.717) is 27.0 Å². The number of amides is 2. The second kappa shape index (κ2) is 8.67. The van der Waals surface area contributed by atoms with Gasteiger partial charge in [0.05, 0.1) is 34.6 Å². The molecule has 0 aromatic heterocycles. The number of hydrogen-bond donors (Lipinski definition) is 1. The minimum absolute atomic E-state index is 0.0500. The summed E-state index contributed by atoms with van der Waals surface area (Å²) in [4.78, 5) is 34.2. The molecule has 10 heteroatoms. The molecule has 5 rings (SSSR count). The number of phenols is 1. The molecular weight excluding hydrogens is 503 g/mol. The number of benzene rings is 3. The van der Waals surface area contributed by atoms with Gasteiger partial charge in [-0.3, -0.25) is 14.4 Å². The Hall–Kier alpha value is -2.97. The van der Waals surface area contributed by atoms with E-state index in [4.69, 9.17) is 44.4 Å². The van der Waals surface area contributed by atoms with Gasteiger partial charge in [0, 0.05) is 5.02 Å². The summed E-state index contributed by atoms with van der Waals surface area (Å²) in [7, 11) is 1.43. The smallest absolute Gasteiger partial charge is 0.266 e. The number of halogens is 3. The highest BCUT2D eigenvalue weighted by molar-refractivity contribution is 6.42. The summed E-state index contributed by atoms with van der Waals surface area (Å²) in [6.45, 7) is 0. The number of hydroxylamine groups is 1. The molecule has 0 aliphatic carbocycles. The molecule has 2 aliphatic rings. The molecule has 2 amide bonds. The van der Waals surface area contributed by atoms with Crippen LogP contribution >= 0.6 is 34.8 Å². The Bertz CT molecular complexity index is 1300. The molecule has 1 N–H and O–H groups in total. The van der Waals surface area contributed by atoms with Crippen LogP contribution in [0.5, 0.6) is 11.5 Å². The first-order valence-corrected chi connectivity index (χ1v) is 11.3. The third-order valence-corrected chi connectivity index (χ3v) is 6.89. The predicted molar refractivity (Wildman–Crippen MR) is 129 cm³/mol. The van der Waals surface area contributed by atoms with E-state index in [0.717, 1.165) is 4.90 Å². The van der Waals surface area contributed by atoms with E-state index in [1.807, 2.05) is 0 Å². The summed E-state index contributed by atoms with van der Waals surface area (Å²) in [5.74, 6) is -1.64. The third kappa shape index (κ3) is 3.65. The molecule has 0 spiro atoms. The number of anilines is 2. The fourth-order valence-electron chi connectivity index (χ4n) is 4.32. The van der Waals surface area contributed by atoms with Gasteiger partial charge in [-0.2, -0.15) is 0 Å². The van der Waals surface area contributed by atoms with E-state index >= 15 is 0 Å². The molecular formula is C24H17Cl3N2O5. The lowest BCUT2D eigenvalue weighted by Crippen LogP contribution is -2.37. The van der Waals surface area contributed by atoms with Gasteiger partial charge in [-0.15, -0.1) is 0 Å². The molecule has 0 radical (unpaired) electrons. The second-order valence-electron chi connectivity index (χ2n) is 7.84. The lowest BCUT2D eigenvalue weighted by atomic mass is 9.90. The zero-order valence-electron chi connectivity index (χ0n) is 17.6. The number of imide groups is 1. The van der Waals surface area contributed by atoms with Gasteiger partial charge in [-0.25, -0.2) is 9.96 Å². The second-order valence-corrected chi connectivity index (χ2v) is 9.09. The van der Waals surface area contributed by atoms with Gasteiger partial charge >= 0.3 is 0 Å². The first-order valence-electron chi connectivity index (χ1n) is 10.2. The van der Waals surface area contributed by atoms with Crippen LogP contribution in [0.3, 0.4) is 0 Å². The van der Waals surface area contributed by atoms with Crippen molar-refractivity contribution in [1.29, 1.82) is 0 Å². The van der Waals surface area contributed by atoms with Crippen LogP contribution in [0.15, 0.2) is 60.7 Å². The molecule has 3 aromatic carbocycles. The predicted octanol–water partition coefficient (Wildman–Crippen LogP) is 5.41. The minimum Gasteiger partial charge on any atom is -0.504 e. The topological polar surface area (TPSA) is 79.3 Å². The highest BCUT2D eigenvalue weighted by Crippen LogP contribution is 2.49. The fourth-order valence-corrected chi connectivity index (χ4v) is 4.74. The summed E-state index contributed by atoms with van der Waals surface area (Å²) in [5.41, 5.74) is 1.54. The van der Waals surface area contributed by atoms with E-state index in [9.17, 15) is 14.7 Å². The number of carbonyl (C=O) groups is 2. The van der Waals surface area contributed by atoms with Crippen molar-refractivity contribution in [2.75, 3.05) is 17.1 Å². The van der Waals surface area contributed by atoms with E-state index in [2.05, 4.69) is 0 Å². The zero-order chi connectivity index (χ0) is 24.1. The quantitative estimate of drug-likeness (QED) is 0.464. The number of methoxy groups -OCH3 is 1. The third-order valence-electron chi connectivity index (χ3n) is 5.90. The average molecular weight is 520 g/mol. The van der Waals surface area contributed by atoms with Crippen LogP contribution in [0.1, 0.15) is 11.6 Å². The maximum Gasteiger partial charge on any atom is 0.266 e. The van der Waals surface area contributed by atoms with Crippen LogP contribution in [-0.2, 0) is 14.4 Å². The first-order chi connectivity index (χ1) is 16.3. The molecule has 2 heterocycles. The zero-order valence-corrected chi connectivity index (χ0v) is 19.9. The van der Waals surface area contributed by atoms with E-state index < -0.39 is 29.9 Å². The Labute approximate surface area is 209 Å². The van der Waals surface area contributed by atoms with E-state index in [-0.39, 0.29) is 16.5 Å². The van der Waals surface area contributed by atoms with Crippen molar-refractivity contribution in [3.05, 3.63) is 81.3 Å². The number of hydrogen-bond acceptors (Lipinski definition) is 6. The molecule has 34 heavy (non-hydrogen) atoms. The number of ether oxygens (including phenoxy) is 1. The number of phenolic OH excluding ortho intramolecular Hbond substituents is 1. The van der Waals surface area contributed by atoms with Crippen LogP contribution in [0.2, 0.25) is 15.1 Å². The molecule has 174 valence electrons. The Morgan fingerprint density at radius 2 is 1.59 bits per heavy atom. The van der Waals surface area contributed by atoms with Crippen LogP contribution in [0.25, 0.3) is 0 Å². The highest BCUT2D eigenvalue weighted by Gasteiger charge is 2.60. The van der Waals surface area contributed by atoms with Crippen molar-refractivity contribution >= 4 is 58.0 Å². The molecule has 2 fully saturated rings. The van der Waals surface area contributed by atoms with Gasteiger partial charge in [0.15, 0.2) is 17.6 Å². The monoisotopic (exact) mass is 518 g/mol. The largest absolute Gasteiger partial charge is 0.504 e. The molecule has 3 atom stereocenters.